The Morgan fingerprint density at radius 3 is 2.65 bits per heavy atom. The number of fused-ring (bicyclic) bond motifs is 1. The quantitative estimate of drug-likeness (QED) is 0.584. The van der Waals surface area contributed by atoms with Crippen molar-refractivity contribution < 1.29 is 18.0 Å². The molecule has 0 radical (unpaired) electrons. The summed E-state index contributed by atoms with van der Waals surface area (Å²) in [5.41, 5.74) is -1.85. The number of carbonyl (C=O) groups is 1. The van der Waals surface area contributed by atoms with Gasteiger partial charge in [0, 0.05) is 17.1 Å². The van der Waals surface area contributed by atoms with E-state index in [-0.39, 0.29) is 17.0 Å². The predicted octanol–water partition coefficient (Wildman–Crippen LogP) is 3.11. The summed E-state index contributed by atoms with van der Waals surface area (Å²) in [5.74, 6) is 0. The Labute approximate surface area is 98.2 Å². The molecule has 0 fully saturated rings. The highest BCUT2D eigenvalue weighted by Gasteiger charge is 2.35. The van der Waals surface area contributed by atoms with Crippen molar-refractivity contribution in [1.82, 2.24) is 9.97 Å². The summed E-state index contributed by atoms with van der Waals surface area (Å²) in [6.07, 6.45) is -3.26. The van der Waals surface area contributed by atoms with Crippen LogP contribution in [0.4, 0.5) is 13.2 Å². The minimum atomic E-state index is -4.70. The van der Waals surface area contributed by atoms with Crippen molar-refractivity contribution in [3.05, 3.63) is 34.7 Å². The molecule has 2 aromatic rings. The fourth-order valence-corrected chi connectivity index (χ4v) is 1.61. The largest absolute Gasteiger partial charge is 0.434 e. The standard InChI is InChI=1S/C10H4ClF3N2O/c11-9-7-5(1-2-15-9)3-6(4-17)8(16-7)10(12,13)14/h1-4H. The number of aromatic nitrogens is 2. The highest BCUT2D eigenvalue weighted by atomic mass is 35.5. The molecule has 0 bridgehead atoms. The second kappa shape index (κ2) is 3.96. The van der Waals surface area contributed by atoms with Crippen LogP contribution in [0.15, 0.2) is 18.3 Å². The van der Waals surface area contributed by atoms with Gasteiger partial charge in [0.05, 0.1) is 0 Å². The maximum Gasteiger partial charge on any atom is 0.434 e. The Hall–Kier alpha value is -1.69. The van der Waals surface area contributed by atoms with E-state index in [1.807, 2.05) is 0 Å². The zero-order chi connectivity index (χ0) is 12.6. The zero-order valence-electron chi connectivity index (χ0n) is 8.12. The van der Waals surface area contributed by atoms with Gasteiger partial charge in [0.1, 0.15) is 5.52 Å². The molecule has 2 aromatic heterocycles. The van der Waals surface area contributed by atoms with Gasteiger partial charge < -0.3 is 0 Å². The smallest absolute Gasteiger partial charge is 0.298 e. The maximum atomic E-state index is 12.6. The number of rotatable bonds is 1. The Bertz CT molecular complexity index is 598. The van der Waals surface area contributed by atoms with Gasteiger partial charge in [-0.05, 0) is 12.1 Å². The normalized spacial score (nSPS) is 11.8. The van der Waals surface area contributed by atoms with E-state index < -0.39 is 17.4 Å². The van der Waals surface area contributed by atoms with Crippen LogP contribution in [0.3, 0.4) is 0 Å². The summed E-state index contributed by atoms with van der Waals surface area (Å²) in [6.45, 7) is 0. The molecule has 0 unspecified atom stereocenters. The van der Waals surface area contributed by atoms with E-state index in [2.05, 4.69) is 9.97 Å². The summed E-state index contributed by atoms with van der Waals surface area (Å²) in [5, 5.41) is 0.200. The number of aldehydes is 1. The van der Waals surface area contributed by atoms with E-state index in [0.717, 1.165) is 6.07 Å². The molecule has 0 saturated carbocycles. The van der Waals surface area contributed by atoms with Crippen LogP contribution in [0.2, 0.25) is 5.15 Å². The Morgan fingerprint density at radius 1 is 1.35 bits per heavy atom. The SMILES string of the molecule is O=Cc1cc2ccnc(Cl)c2nc1C(F)(F)F. The molecular weight excluding hydrogens is 257 g/mol. The van der Waals surface area contributed by atoms with Gasteiger partial charge >= 0.3 is 6.18 Å². The van der Waals surface area contributed by atoms with Crippen molar-refractivity contribution in [2.75, 3.05) is 0 Å². The van der Waals surface area contributed by atoms with E-state index in [9.17, 15) is 18.0 Å². The average Bonchev–Trinajstić information content (AvgIpc) is 2.26. The van der Waals surface area contributed by atoms with Gasteiger partial charge in [-0.25, -0.2) is 9.97 Å². The first-order valence-electron chi connectivity index (χ1n) is 4.41. The van der Waals surface area contributed by atoms with Crippen molar-refractivity contribution in [2.45, 2.75) is 6.18 Å². The molecule has 0 aliphatic heterocycles. The molecule has 2 heterocycles. The topological polar surface area (TPSA) is 42.9 Å². The first-order valence-corrected chi connectivity index (χ1v) is 4.79. The molecule has 88 valence electrons. The Kier molecular flexibility index (Phi) is 2.74. The highest BCUT2D eigenvalue weighted by molar-refractivity contribution is 6.33. The fraction of sp³-hybridized carbons (Fsp3) is 0.100. The monoisotopic (exact) mass is 260 g/mol. The van der Waals surface area contributed by atoms with Crippen LogP contribution in [0.25, 0.3) is 10.9 Å². The number of hydrogen-bond acceptors (Lipinski definition) is 3. The average molecular weight is 261 g/mol. The third kappa shape index (κ3) is 2.08. The molecule has 3 nitrogen and oxygen atoms in total. The van der Waals surface area contributed by atoms with Crippen LogP contribution in [-0.2, 0) is 6.18 Å². The summed E-state index contributed by atoms with van der Waals surface area (Å²) in [7, 11) is 0. The Balaban J connectivity index is 2.84. The Morgan fingerprint density at radius 2 is 2.06 bits per heavy atom. The second-order valence-electron chi connectivity index (χ2n) is 3.22. The van der Waals surface area contributed by atoms with Gasteiger partial charge in [0.15, 0.2) is 17.1 Å². The van der Waals surface area contributed by atoms with E-state index in [1.165, 1.54) is 12.3 Å². The highest BCUT2D eigenvalue weighted by Crippen LogP contribution is 2.32. The number of pyridine rings is 2. The third-order valence-electron chi connectivity index (χ3n) is 2.11. The van der Waals surface area contributed by atoms with Crippen LogP contribution < -0.4 is 0 Å². The van der Waals surface area contributed by atoms with Crippen molar-refractivity contribution in [2.24, 2.45) is 0 Å². The van der Waals surface area contributed by atoms with E-state index in [0.29, 0.717) is 5.39 Å². The van der Waals surface area contributed by atoms with Crippen LogP contribution in [-0.4, -0.2) is 16.3 Å². The second-order valence-corrected chi connectivity index (χ2v) is 3.57. The summed E-state index contributed by atoms with van der Waals surface area (Å²) < 4.78 is 37.8. The lowest BCUT2D eigenvalue weighted by Gasteiger charge is -2.09. The van der Waals surface area contributed by atoms with E-state index in [4.69, 9.17) is 11.6 Å². The van der Waals surface area contributed by atoms with Crippen LogP contribution in [0, 0.1) is 0 Å². The third-order valence-corrected chi connectivity index (χ3v) is 2.39. The maximum absolute atomic E-state index is 12.6. The lowest BCUT2D eigenvalue weighted by atomic mass is 10.1. The number of alkyl halides is 3. The van der Waals surface area contributed by atoms with Crippen molar-refractivity contribution in [1.29, 1.82) is 0 Å². The van der Waals surface area contributed by atoms with Gasteiger partial charge in [-0.15, -0.1) is 0 Å². The number of hydrogen-bond donors (Lipinski definition) is 0. The lowest BCUT2D eigenvalue weighted by molar-refractivity contribution is -0.141. The lowest BCUT2D eigenvalue weighted by Crippen LogP contribution is -2.12. The minimum absolute atomic E-state index is 0.0768. The minimum Gasteiger partial charge on any atom is -0.298 e. The molecule has 0 aromatic carbocycles. The summed E-state index contributed by atoms with van der Waals surface area (Å²) in [4.78, 5) is 17.6. The van der Waals surface area contributed by atoms with Crippen LogP contribution in [0.5, 0.6) is 0 Å². The molecule has 0 saturated heterocycles. The van der Waals surface area contributed by atoms with Crippen molar-refractivity contribution in [3.8, 4) is 0 Å². The predicted molar refractivity (Wildman–Crippen MR) is 54.9 cm³/mol. The van der Waals surface area contributed by atoms with Crippen molar-refractivity contribution >= 4 is 28.8 Å². The molecule has 0 N–H and O–H groups in total. The first kappa shape index (κ1) is 11.8. The molecule has 0 amide bonds. The number of halogens is 4. The van der Waals surface area contributed by atoms with Gasteiger partial charge in [0.25, 0.3) is 0 Å². The van der Waals surface area contributed by atoms with Crippen molar-refractivity contribution in [3.63, 3.8) is 0 Å². The molecule has 2 rings (SSSR count). The number of nitrogens with zero attached hydrogens (tertiary/aromatic N) is 2. The van der Waals surface area contributed by atoms with Gasteiger partial charge in [-0.1, -0.05) is 11.6 Å². The molecule has 0 aliphatic rings. The summed E-state index contributed by atoms with van der Waals surface area (Å²) >= 11 is 5.65. The van der Waals surface area contributed by atoms with Gasteiger partial charge in [-0.2, -0.15) is 13.2 Å². The van der Waals surface area contributed by atoms with Crippen LogP contribution in [0.1, 0.15) is 16.1 Å². The molecule has 17 heavy (non-hydrogen) atoms. The molecule has 0 spiro atoms. The molecule has 0 atom stereocenters. The zero-order valence-corrected chi connectivity index (χ0v) is 8.88. The molecule has 7 heteroatoms. The number of carbonyl (C=O) groups excluding carboxylic acids is 1. The first-order chi connectivity index (χ1) is 7.93. The molecule has 0 aliphatic carbocycles. The van der Waals surface area contributed by atoms with Gasteiger partial charge in [-0.3, -0.25) is 4.79 Å². The van der Waals surface area contributed by atoms with Gasteiger partial charge in [0.2, 0.25) is 0 Å². The van der Waals surface area contributed by atoms with E-state index in [1.54, 1.807) is 0 Å². The molecular formula is C10H4ClF3N2O. The fourth-order valence-electron chi connectivity index (χ4n) is 1.40. The van der Waals surface area contributed by atoms with E-state index >= 15 is 0 Å². The van der Waals surface area contributed by atoms with Crippen LogP contribution >= 0.6 is 11.6 Å². The summed E-state index contributed by atoms with van der Waals surface area (Å²) in [6, 6.07) is 2.52.